The van der Waals surface area contributed by atoms with Gasteiger partial charge in [-0.3, -0.25) is 4.79 Å². The van der Waals surface area contributed by atoms with Gasteiger partial charge in [0.1, 0.15) is 5.82 Å². The third-order valence-corrected chi connectivity index (χ3v) is 3.37. The maximum absolute atomic E-state index is 13.5. The van der Waals surface area contributed by atoms with Gasteiger partial charge in [0.2, 0.25) is 0 Å². The first-order chi connectivity index (χ1) is 10.6. The van der Waals surface area contributed by atoms with Gasteiger partial charge in [-0.05, 0) is 18.2 Å². The molecule has 0 atom stereocenters. The molecule has 2 aromatic carbocycles. The number of methoxy groups -OCH3 is 2. The van der Waals surface area contributed by atoms with E-state index in [1.54, 1.807) is 18.2 Å². The third-order valence-electron chi connectivity index (χ3n) is 3.09. The minimum absolute atomic E-state index is 0.0808. The molecule has 0 unspecified atom stereocenters. The lowest BCUT2D eigenvalue weighted by Crippen LogP contribution is -2.23. The quantitative estimate of drug-likeness (QED) is 0.917. The van der Waals surface area contributed by atoms with Crippen LogP contribution in [0.3, 0.4) is 0 Å². The molecule has 0 bridgehead atoms. The van der Waals surface area contributed by atoms with Gasteiger partial charge in [0.05, 0.1) is 19.2 Å². The van der Waals surface area contributed by atoms with Crippen molar-refractivity contribution in [3.8, 4) is 11.5 Å². The predicted molar refractivity (Wildman–Crippen MR) is 82.1 cm³/mol. The molecule has 116 valence electrons. The number of hydrogen-bond acceptors (Lipinski definition) is 3. The van der Waals surface area contributed by atoms with E-state index in [0.29, 0.717) is 22.6 Å². The molecule has 0 spiro atoms. The molecule has 0 saturated heterocycles. The van der Waals surface area contributed by atoms with Crippen LogP contribution in [0.2, 0.25) is 5.02 Å². The molecule has 4 nitrogen and oxygen atoms in total. The largest absolute Gasteiger partial charge is 0.493 e. The number of ether oxygens (including phenoxy) is 2. The van der Waals surface area contributed by atoms with Crippen LogP contribution in [0, 0.1) is 5.82 Å². The van der Waals surface area contributed by atoms with Crippen LogP contribution < -0.4 is 14.8 Å². The van der Waals surface area contributed by atoms with E-state index in [0.717, 1.165) is 0 Å². The molecular weight excluding hydrogens is 309 g/mol. The van der Waals surface area contributed by atoms with Gasteiger partial charge >= 0.3 is 0 Å². The van der Waals surface area contributed by atoms with Gasteiger partial charge in [0.15, 0.2) is 11.5 Å². The number of amides is 1. The number of carbonyl (C=O) groups is 1. The maximum atomic E-state index is 13.5. The lowest BCUT2D eigenvalue weighted by atomic mass is 10.1. The van der Waals surface area contributed by atoms with Crippen LogP contribution in [0.5, 0.6) is 11.5 Å². The van der Waals surface area contributed by atoms with Crippen molar-refractivity contribution in [3.63, 3.8) is 0 Å². The second-order valence-corrected chi connectivity index (χ2v) is 4.87. The van der Waals surface area contributed by atoms with Gasteiger partial charge in [-0.15, -0.1) is 0 Å². The molecule has 1 N–H and O–H groups in total. The molecule has 0 fully saturated rings. The van der Waals surface area contributed by atoms with E-state index in [9.17, 15) is 9.18 Å². The Morgan fingerprint density at radius 1 is 1.23 bits per heavy atom. The Kier molecular flexibility index (Phi) is 5.22. The number of nitrogens with one attached hydrogen (secondary N) is 1. The highest BCUT2D eigenvalue weighted by Crippen LogP contribution is 2.35. The first-order valence-corrected chi connectivity index (χ1v) is 6.87. The average molecular weight is 324 g/mol. The molecule has 0 aromatic heterocycles. The van der Waals surface area contributed by atoms with E-state index < -0.39 is 0 Å². The van der Waals surface area contributed by atoms with Gasteiger partial charge in [-0.25, -0.2) is 4.39 Å². The highest BCUT2D eigenvalue weighted by Gasteiger charge is 2.15. The van der Waals surface area contributed by atoms with Gasteiger partial charge < -0.3 is 14.8 Å². The molecule has 0 aliphatic rings. The number of carbonyl (C=O) groups excluding carboxylic acids is 1. The smallest absolute Gasteiger partial charge is 0.251 e. The van der Waals surface area contributed by atoms with Crippen LogP contribution >= 0.6 is 11.6 Å². The topological polar surface area (TPSA) is 47.6 Å². The lowest BCUT2D eigenvalue weighted by Gasteiger charge is -2.12. The summed E-state index contributed by atoms with van der Waals surface area (Å²) in [5, 5.41) is 2.90. The van der Waals surface area contributed by atoms with E-state index in [1.807, 2.05) is 0 Å². The highest BCUT2D eigenvalue weighted by atomic mass is 35.5. The zero-order chi connectivity index (χ0) is 16.1. The van der Waals surface area contributed by atoms with Crippen molar-refractivity contribution in [2.24, 2.45) is 0 Å². The summed E-state index contributed by atoms with van der Waals surface area (Å²) in [5.74, 6) is -0.0416. The molecule has 0 aliphatic heterocycles. The van der Waals surface area contributed by atoms with Crippen molar-refractivity contribution in [2.45, 2.75) is 6.54 Å². The van der Waals surface area contributed by atoms with Crippen molar-refractivity contribution in [3.05, 3.63) is 58.4 Å². The van der Waals surface area contributed by atoms with E-state index >= 15 is 0 Å². The Bertz CT molecular complexity index is 691. The zero-order valence-corrected chi connectivity index (χ0v) is 12.9. The molecule has 6 heteroatoms. The normalized spacial score (nSPS) is 10.2. The molecule has 0 heterocycles. The van der Waals surface area contributed by atoms with Crippen LogP contribution in [0.15, 0.2) is 36.4 Å². The van der Waals surface area contributed by atoms with Gasteiger partial charge in [0, 0.05) is 17.7 Å². The Morgan fingerprint density at radius 2 is 1.95 bits per heavy atom. The number of benzene rings is 2. The molecule has 22 heavy (non-hydrogen) atoms. The number of rotatable bonds is 5. The fourth-order valence-corrected chi connectivity index (χ4v) is 2.26. The summed E-state index contributed by atoms with van der Waals surface area (Å²) in [7, 11) is 2.91. The summed E-state index contributed by atoms with van der Waals surface area (Å²) < 4.78 is 23.8. The van der Waals surface area contributed by atoms with Crippen molar-refractivity contribution in [2.75, 3.05) is 14.2 Å². The molecule has 0 saturated carbocycles. The van der Waals surface area contributed by atoms with Crippen molar-refractivity contribution < 1.29 is 18.7 Å². The highest BCUT2D eigenvalue weighted by molar-refractivity contribution is 6.32. The van der Waals surface area contributed by atoms with Crippen LogP contribution in [-0.4, -0.2) is 20.1 Å². The molecule has 0 aliphatic carbocycles. The zero-order valence-electron chi connectivity index (χ0n) is 12.2. The van der Waals surface area contributed by atoms with E-state index in [4.69, 9.17) is 21.1 Å². The molecular formula is C16H15ClFNO3. The van der Waals surface area contributed by atoms with Crippen LogP contribution in [-0.2, 0) is 6.54 Å². The summed E-state index contributed by atoms with van der Waals surface area (Å²) in [5.41, 5.74) is 0.710. The first kappa shape index (κ1) is 16.1. The summed E-state index contributed by atoms with van der Waals surface area (Å²) in [4.78, 5) is 12.2. The SMILES string of the molecule is COc1cc(C(=O)NCc2ccccc2F)cc(Cl)c1OC. The van der Waals surface area contributed by atoms with Crippen molar-refractivity contribution in [1.29, 1.82) is 0 Å². The Balaban J connectivity index is 2.16. The Labute approximate surface area is 132 Å². The van der Waals surface area contributed by atoms with Gasteiger partial charge in [-0.2, -0.15) is 0 Å². The summed E-state index contributed by atoms with van der Waals surface area (Å²) in [6.07, 6.45) is 0. The monoisotopic (exact) mass is 323 g/mol. The Hall–Kier alpha value is -2.27. The first-order valence-electron chi connectivity index (χ1n) is 6.50. The van der Waals surface area contributed by atoms with E-state index in [2.05, 4.69) is 5.32 Å². The fraction of sp³-hybridized carbons (Fsp3) is 0.188. The van der Waals surface area contributed by atoms with E-state index in [-0.39, 0.29) is 23.3 Å². The van der Waals surface area contributed by atoms with Crippen molar-refractivity contribution in [1.82, 2.24) is 5.32 Å². The fourth-order valence-electron chi connectivity index (χ4n) is 1.97. The number of halogens is 2. The summed E-state index contributed by atoms with van der Waals surface area (Å²) >= 11 is 6.05. The minimum atomic E-state index is -0.383. The van der Waals surface area contributed by atoms with Gasteiger partial charge in [-0.1, -0.05) is 29.8 Å². The minimum Gasteiger partial charge on any atom is -0.493 e. The standard InChI is InChI=1S/C16H15ClFNO3/c1-21-14-8-11(7-12(17)15(14)22-2)16(20)19-9-10-5-3-4-6-13(10)18/h3-8H,9H2,1-2H3,(H,19,20). The molecule has 1 amide bonds. The third kappa shape index (κ3) is 3.49. The summed E-state index contributed by atoms with van der Waals surface area (Å²) in [6.45, 7) is 0.0808. The summed E-state index contributed by atoms with van der Waals surface area (Å²) in [6, 6.07) is 9.24. The average Bonchev–Trinajstić information content (AvgIpc) is 2.52. The molecule has 2 aromatic rings. The maximum Gasteiger partial charge on any atom is 0.251 e. The Morgan fingerprint density at radius 3 is 2.59 bits per heavy atom. The van der Waals surface area contributed by atoms with Crippen LogP contribution in [0.4, 0.5) is 4.39 Å². The van der Waals surface area contributed by atoms with Crippen LogP contribution in [0.1, 0.15) is 15.9 Å². The number of hydrogen-bond donors (Lipinski definition) is 1. The predicted octanol–water partition coefficient (Wildman–Crippen LogP) is 3.43. The van der Waals surface area contributed by atoms with Crippen LogP contribution in [0.25, 0.3) is 0 Å². The molecule has 0 radical (unpaired) electrons. The van der Waals surface area contributed by atoms with Crippen molar-refractivity contribution >= 4 is 17.5 Å². The second-order valence-electron chi connectivity index (χ2n) is 4.47. The van der Waals surface area contributed by atoms with E-state index in [1.165, 1.54) is 32.4 Å². The lowest BCUT2D eigenvalue weighted by molar-refractivity contribution is 0.0950. The molecule has 2 rings (SSSR count). The second kappa shape index (κ2) is 7.13. The van der Waals surface area contributed by atoms with Gasteiger partial charge in [0.25, 0.3) is 5.91 Å².